The van der Waals surface area contributed by atoms with E-state index in [9.17, 15) is 19.2 Å². The third kappa shape index (κ3) is 5.70. The van der Waals surface area contributed by atoms with Gasteiger partial charge in [0.05, 0.1) is 6.61 Å². The van der Waals surface area contributed by atoms with E-state index in [0.717, 1.165) is 18.4 Å². The minimum absolute atomic E-state index is 0.0598. The second-order valence-corrected chi connectivity index (χ2v) is 8.80. The minimum Gasteiger partial charge on any atom is -0.494 e. The molecule has 1 saturated carbocycles. The standard InChI is InChI=1S/C22H28ClN3O6/c1-14-7-9-22(10-8-14)20(29)26(21(30)24-22)25-18(27)13-32-19(28)4-3-11-31-16-5-6-17(23)15(2)12-16/h5-6,12,14H,3-4,7-11,13H2,1-2H3,(H,24,30)(H,25,27). The lowest BCUT2D eigenvalue weighted by molar-refractivity contribution is -0.151. The molecule has 0 unspecified atom stereocenters. The molecular formula is C22H28ClN3O6. The van der Waals surface area contributed by atoms with Gasteiger partial charge in [0.2, 0.25) is 0 Å². The topological polar surface area (TPSA) is 114 Å². The molecule has 0 radical (unpaired) electrons. The highest BCUT2D eigenvalue weighted by Gasteiger charge is 2.52. The number of imide groups is 1. The van der Waals surface area contributed by atoms with Crippen molar-refractivity contribution < 1.29 is 28.7 Å². The minimum atomic E-state index is -0.948. The number of esters is 1. The normalized spacial score (nSPS) is 22.6. The number of halogens is 1. The predicted molar refractivity (Wildman–Crippen MR) is 116 cm³/mol. The Morgan fingerprint density at radius 3 is 2.69 bits per heavy atom. The quantitative estimate of drug-likeness (QED) is 0.346. The van der Waals surface area contributed by atoms with E-state index in [4.69, 9.17) is 21.1 Å². The lowest BCUT2D eigenvalue weighted by Gasteiger charge is -2.33. The summed E-state index contributed by atoms with van der Waals surface area (Å²) in [6, 6.07) is 4.62. The third-order valence-corrected chi connectivity index (χ3v) is 6.24. The Morgan fingerprint density at radius 2 is 2.00 bits per heavy atom. The first kappa shape index (κ1) is 23.8. The highest BCUT2D eigenvalue weighted by molar-refractivity contribution is 6.31. The Morgan fingerprint density at radius 1 is 1.28 bits per heavy atom. The van der Waals surface area contributed by atoms with Gasteiger partial charge in [-0.1, -0.05) is 18.5 Å². The van der Waals surface area contributed by atoms with Crippen LogP contribution >= 0.6 is 11.6 Å². The van der Waals surface area contributed by atoms with E-state index in [1.807, 2.05) is 6.92 Å². The van der Waals surface area contributed by atoms with Crippen LogP contribution in [0, 0.1) is 12.8 Å². The summed E-state index contributed by atoms with van der Waals surface area (Å²) < 4.78 is 10.5. The molecule has 1 aliphatic heterocycles. The fraction of sp³-hybridized carbons (Fsp3) is 0.545. The van der Waals surface area contributed by atoms with Gasteiger partial charge in [0.15, 0.2) is 6.61 Å². The fourth-order valence-electron chi connectivity index (χ4n) is 3.80. The maximum Gasteiger partial charge on any atom is 0.344 e. The molecule has 1 aromatic rings. The number of nitrogens with one attached hydrogen (secondary N) is 2. The first-order chi connectivity index (χ1) is 15.2. The van der Waals surface area contributed by atoms with E-state index in [-0.39, 0.29) is 6.42 Å². The highest BCUT2D eigenvalue weighted by Crippen LogP contribution is 2.35. The van der Waals surface area contributed by atoms with Crippen molar-refractivity contribution in [2.24, 2.45) is 5.92 Å². The molecule has 174 valence electrons. The second-order valence-electron chi connectivity index (χ2n) is 8.39. The highest BCUT2D eigenvalue weighted by atomic mass is 35.5. The molecule has 32 heavy (non-hydrogen) atoms. The van der Waals surface area contributed by atoms with Gasteiger partial charge >= 0.3 is 12.0 Å². The third-order valence-electron chi connectivity index (χ3n) is 5.81. The molecule has 1 aromatic carbocycles. The summed E-state index contributed by atoms with van der Waals surface area (Å²) in [5.41, 5.74) is 2.18. The summed E-state index contributed by atoms with van der Waals surface area (Å²) >= 11 is 5.96. The summed E-state index contributed by atoms with van der Waals surface area (Å²) in [7, 11) is 0. The molecule has 1 heterocycles. The van der Waals surface area contributed by atoms with Crippen LogP contribution in [0.2, 0.25) is 5.02 Å². The number of hydrogen-bond donors (Lipinski definition) is 2. The molecule has 10 heteroatoms. The van der Waals surface area contributed by atoms with Gasteiger partial charge in [-0.05, 0) is 68.7 Å². The van der Waals surface area contributed by atoms with Gasteiger partial charge in [-0.15, -0.1) is 0 Å². The van der Waals surface area contributed by atoms with Crippen molar-refractivity contribution in [3.8, 4) is 5.75 Å². The van der Waals surface area contributed by atoms with Crippen molar-refractivity contribution in [1.29, 1.82) is 0 Å². The van der Waals surface area contributed by atoms with Gasteiger partial charge in [-0.2, -0.15) is 5.01 Å². The number of nitrogens with zero attached hydrogens (tertiary/aromatic N) is 1. The zero-order chi connectivity index (χ0) is 23.3. The average Bonchev–Trinajstić information content (AvgIpc) is 2.98. The number of hydrogen-bond acceptors (Lipinski definition) is 6. The van der Waals surface area contributed by atoms with E-state index in [0.29, 0.717) is 47.6 Å². The molecule has 0 atom stereocenters. The molecule has 1 spiro atoms. The summed E-state index contributed by atoms with van der Waals surface area (Å²) in [6.45, 7) is 3.68. The van der Waals surface area contributed by atoms with Crippen LogP contribution in [0.25, 0.3) is 0 Å². The van der Waals surface area contributed by atoms with Crippen LogP contribution in [-0.4, -0.2) is 47.6 Å². The van der Waals surface area contributed by atoms with Crippen LogP contribution < -0.4 is 15.5 Å². The molecule has 3 rings (SSSR count). The van der Waals surface area contributed by atoms with Gasteiger partial charge in [-0.25, -0.2) is 4.79 Å². The van der Waals surface area contributed by atoms with Crippen LogP contribution in [0.3, 0.4) is 0 Å². The molecule has 1 saturated heterocycles. The van der Waals surface area contributed by atoms with Crippen LogP contribution in [0.4, 0.5) is 4.79 Å². The van der Waals surface area contributed by atoms with Crippen molar-refractivity contribution in [3.05, 3.63) is 28.8 Å². The Hall–Kier alpha value is -2.81. The number of benzene rings is 1. The Labute approximate surface area is 191 Å². The van der Waals surface area contributed by atoms with Crippen molar-refractivity contribution in [2.75, 3.05) is 13.2 Å². The number of carbonyl (C=O) groups is 4. The van der Waals surface area contributed by atoms with Crippen LogP contribution in [-0.2, 0) is 19.1 Å². The van der Waals surface area contributed by atoms with Gasteiger partial charge < -0.3 is 14.8 Å². The maximum atomic E-state index is 12.7. The molecule has 1 aliphatic carbocycles. The SMILES string of the molecule is Cc1cc(OCCCC(=O)OCC(=O)NN2C(=O)NC3(CCC(C)CC3)C2=O)ccc1Cl. The first-order valence-corrected chi connectivity index (χ1v) is 11.1. The van der Waals surface area contributed by atoms with Gasteiger partial charge in [-0.3, -0.25) is 19.8 Å². The molecule has 2 aliphatic rings. The number of hydrazine groups is 1. The van der Waals surface area contributed by atoms with Gasteiger partial charge in [0.1, 0.15) is 11.3 Å². The van der Waals surface area contributed by atoms with E-state index in [1.165, 1.54) is 0 Å². The van der Waals surface area contributed by atoms with Crippen LogP contribution in [0.1, 0.15) is 51.0 Å². The Balaban J connectivity index is 1.36. The predicted octanol–water partition coefficient (Wildman–Crippen LogP) is 2.88. The number of aryl methyl sites for hydroxylation is 1. The van der Waals surface area contributed by atoms with E-state index in [1.54, 1.807) is 18.2 Å². The van der Waals surface area contributed by atoms with Crippen LogP contribution in [0.5, 0.6) is 5.75 Å². The smallest absolute Gasteiger partial charge is 0.344 e. The molecule has 2 fully saturated rings. The van der Waals surface area contributed by atoms with Crippen molar-refractivity contribution in [2.45, 2.75) is 57.9 Å². The second kappa shape index (κ2) is 10.2. The lowest BCUT2D eigenvalue weighted by atomic mass is 9.77. The summed E-state index contributed by atoms with van der Waals surface area (Å²) in [5.74, 6) is -0.655. The van der Waals surface area contributed by atoms with Gasteiger partial charge in [0.25, 0.3) is 11.8 Å². The molecule has 4 amide bonds. The van der Waals surface area contributed by atoms with Gasteiger partial charge in [0, 0.05) is 11.4 Å². The lowest BCUT2D eigenvalue weighted by Crippen LogP contribution is -2.52. The number of rotatable bonds is 8. The van der Waals surface area contributed by atoms with E-state index >= 15 is 0 Å². The molecule has 9 nitrogen and oxygen atoms in total. The number of carbonyl (C=O) groups excluding carboxylic acids is 4. The van der Waals surface area contributed by atoms with E-state index < -0.39 is 36.0 Å². The van der Waals surface area contributed by atoms with Crippen molar-refractivity contribution >= 4 is 35.4 Å². The summed E-state index contributed by atoms with van der Waals surface area (Å²) in [4.78, 5) is 48.9. The molecular weight excluding hydrogens is 438 g/mol. The zero-order valence-electron chi connectivity index (χ0n) is 18.2. The molecule has 0 bridgehead atoms. The molecule has 0 aromatic heterocycles. The maximum absolute atomic E-state index is 12.7. The fourth-order valence-corrected chi connectivity index (χ4v) is 3.92. The summed E-state index contributed by atoms with van der Waals surface area (Å²) in [5, 5.41) is 4.05. The number of urea groups is 1. The van der Waals surface area contributed by atoms with E-state index in [2.05, 4.69) is 17.7 Å². The Kier molecular flexibility index (Phi) is 7.60. The number of amides is 4. The molecule has 2 N–H and O–H groups in total. The first-order valence-electron chi connectivity index (χ1n) is 10.7. The Bertz CT molecular complexity index is 898. The van der Waals surface area contributed by atoms with Crippen molar-refractivity contribution in [1.82, 2.24) is 15.8 Å². The van der Waals surface area contributed by atoms with Crippen LogP contribution in [0.15, 0.2) is 18.2 Å². The monoisotopic (exact) mass is 465 g/mol. The van der Waals surface area contributed by atoms with Crippen molar-refractivity contribution in [3.63, 3.8) is 0 Å². The summed E-state index contributed by atoms with van der Waals surface area (Å²) in [6.07, 6.45) is 3.19. The average molecular weight is 466 g/mol. The number of ether oxygens (including phenoxy) is 2. The zero-order valence-corrected chi connectivity index (χ0v) is 19.0. The largest absolute Gasteiger partial charge is 0.494 e.